The number of nitrogens with one attached hydrogen (secondary N) is 1. The largest absolute Gasteiger partial charge is 0.480 e. The van der Waals surface area contributed by atoms with E-state index in [-0.39, 0.29) is 0 Å². The molecule has 1 amide bonds. The Labute approximate surface area is 175 Å². The Morgan fingerprint density at radius 1 is 0.828 bits per heavy atom. The first-order valence-corrected chi connectivity index (χ1v) is 11.0. The second-order valence-corrected chi connectivity index (χ2v) is 7.74. The van der Waals surface area contributed by atoms with E-state index in [0.717, 1.165) is 26.2 Å². The Hall–Kier alpha value is -1.44. The second-order valence-electron chi connectivity index (χ2n) is 7.74. The van der Waals surface area contributed by atoms with Crippen LogP contribution in [0, 0.1) is 0 Å². The lowest BCUT2D eigenvalue weighted by Gasteiger charge is -2.26. The highest BCUT2D eigenvalue weighted by molar-refractivity contribution is 5.82. The van der Waals surface area contributed by atoms with E-state index in [1.54, 1.807) is 6.08 Å². The summed E-state index contributed by atoms with van der Waals surface area (Å²) in [5.41, 5.74) is 0. The smallest absolute Gasteiger partial charge is 0.329 e. The van der Waals surface area contributed by atoms with Gasteiger partial charge in [0.2, 0.25) is 5.91 Å². The number of hydrogen-bond donors (Lipinski definition) is 5. The van der Waals surface area contributed by atoms with E-state index in [4.69, 9.17) is 5.11 Å². The van der Waals surface area contributed by atoms with Crippen molar-refractivity contribution in [2.45, 2.75) is 115 Å². The summed E-state index contributed by atoms with van der Waals surface area (Å²) >= 11 is 0. The molecule has 7 heteroatoms. The lowest BCUT2D eigenvalue weighted by molar-refractivity contribution is -0.149. The van der Waals surface area contributed by atoms with Crippen LogP contribution in [0.15, 0.2) is 12.2 Å². The van der Waals surface area contributed by atoms with E-state index in [1.807, 2.05) is 5.32 Å². The van der Waals surface area contributed by atoms with Crippen LogP contribution >= 0.6 is 0 Å². The summed E-state index contributed by atoms with van der Waals surface area (Å²) < 4.78 is 0. The van der Waals surface area contributed by atoms with Gasteiger partial charge in [-0.15, -0.1) is 0 Å². The molecule has 0 fully saturated rings. The second kappa shape index (κ2) is 17.4. The van der Waals surface area contributed by atoms with Crippen LogP contribution in [0.2, 0.25) is 0 Å². The average molecular weight is 416 g/mol. The molecule has 0 heterocycles. The van der Waals surface area contributed by atoms with Crippen LogP contribution in [0.25, 0.3) is 0 Å². The standard InChI is InChI=1S/C22H41NO6/c1-3-4-5-6-7-8-9-10-11-12-13-14-15-16-18(25)20(26)21(27)19(22(28)29)23-17(2)24/h15-16,18-21,25-27H,3-14H2,1-2H3,(H,23,24)(H,28,29)/b16-15+/t18-,19-,20+,21+/m0/s1. The predicted molar refractivity (Wildman–Crippen MR) is 113 cm³/mol. The maximum Gasteiger partial charge on any atom is 0.329 e. The molecule has 5 N–H and O–H groups in total. The number of carboxylic acids is 1. The molecule has 0 aromatic heterocycles. The van der Waals surface area contributed by atoms with Gasteiger partial charge in [0.25, 0.3) is 0 Å². The third-order valence-electron chi connectivity index (χ3n) is 4.97. The van der Waals surface area contributed by atoms with E-state index in [9.17, 15) is 24.9 Å². The minimum Gasteiger partial charge on any atom is -0.480 e. The summed E-state index contributed by atoms with van der Waals surface area (Å²) in [6, 6.07) is -1.68. The molecule has 0 saturated carbocycles. The molecule has 0 saturated heterocycles. The fourth-order valence-corrected chi connectivity index (χ4v) is 3.19. The van der Waals surface area contributed by atoms with Crippen LogP contribution in [0.3, 0.4) is 0 Å². The van der Waals surface area contributed by atoms with Gasteiger partial charge in [-0.3, -0.25) is 4.79 Å². The van der Waals surface area contributed by atoms with Gasteiger partial charge < -0.3 is 25.7 Å². The molecule has 7 nitrogen and oxygen atoms in total. The number of rotatable bonds is 18. The summed E-state index contributed by atoms with van der Waals surface area (Å²) in [4.78, 5) is 22.1. The number of aliphatic hydroxyl groups excluding tert-OH is 3. The maximum absolute atomic E-state index is 11.1. The zero-order valence-electron chi connectivity index (χ0n) is 18.1. The Kier molecular flexibility index (Phi) is 16.6. The van der Waals surface area contributed by atoms with Crippen LogP contribution in [-0.4, -0.2) is 56.7 Å². The highest BCUT2D eigenvalue weighted by Gasteiger charge is 2.35. The first-order valence-electron chi connectivity index (χ1n) is 11.0. The quantitative estimate of drug-likeness (QED) is 0.173. The number of carbonyl (C=O) groups excluding carboxylic acids is 1. The predicted octanol–water partition coefficient (Wildman–Crippen LogP) is 2.92. The van der Waals surface area contributed by atoms with E-state index in [1.165, 1.54) is 63.9 Å². The number of unbranched alkanes of at least 4 members (excludes halogenated alkanes) is 11. The summed E-state index contributed by atoms with van der Waals surface area (Å²) in [5.74, 6) is -2.13. The van der Waals surface area contributed by atoms with Gasteiger partial charge in [0.1, 0.15) is 18.3 Å². The first kappa shape index (κ1) is 27.6. The zero-order valence-corrected chi connectivity index (χ0v) is 18.1. The van der Waals surface area contributed by atoms with Gasteiger partial charge in [-0.2, -0.15) is 0 Å². The Morgan fingerprint density at radius 2 is 1.31 bits per heavy atom. The number of allylic oxidation sites excluding steroid dienone is 1. The van der Waals surface area contributed by atoms with Crippen molar-refractivity contribution in [1.82, 2.24) is 5.32 Å². The van der Waals surface area contributed by atoms with Crippen molar-refractivity contribution in [2.75, 3.05) is 0 Å². The fourth-order valence-electron chi connectivity index (χ4n) is 3.19. The lowest BCUT2D eigenvalue weighted by Crippen LogP contribution is -2.55. The highest BCUT2D eigenvalue weighted by Crippen LogP contribution is 2.13. The molecule has 0 bridgehead atoms. The number of carbonyl (C=O) groups is 2. The van der Waals surface area contributed by atoms with E-state index in [0.29, 0.717) is 0 Å². The molecule has 0 spiro atoms. The van der Waals surface area contributed by atoms with E-state index >= 15 is 0 Å². The van der Waals surface area contributed by atoms with Crippen molar-refractivity contribution < 1.29 is 30.0 Å². The topological polar surface area (TPSA) is 127 Å². The maximum atomic E-state index is 11.1. The summed E-state index contributed by atoms with van der Waals surface area (Å²) in [7, 11) is 0. The SMILES string of the molecule is CCCCCCCCCCCCC/C=C/[C@H](O)[C@@H](O)[C@H](O)[C@H](NC(C)=O)C(=O)O. The molecule has 0 radical (unpaired) electrons. The van der Waals surface area contributed by atoms with Crippen LogP contribution in [0.4, 0.5) is 0 Å². The number of aliphatic carboxylic acids is 1. The van der Waals surface area contributed by atoms with Crippen molar-refractivity contribution in [3.8, 4) is 0 Å². The molecule has 29 heavy (non-hydrogen) atoms. The third-order valence-corrected chi connectivity index (χ3v) is 4.97. The normalized spacial score (nSPS) is 15.8. The number of carboxylic acid groups (broad SMARTS) is 1. The number of aliphatic hydroxyl groups is 3. The van der Waals surface area contributed by atoms with Crippen molar-refractivity contribution in [3.63, 3.8) is 0 Å². The summed E-state index contributed by atoms with van der Waals surface area (Å²) in [6.45, 7) is 3.34. The zero-order chi connectivity index (χ0) is 22.1. The third kappa shape index (κ3) is 14.2. The van der Waals surface area contributed by atoms with Crippen LogP contribution in [-0.2, 0) is 9.59 Å². The molecule has 0 aromatic rings. The molecule has 0 aliphatic heterocycles. The lowest BCUT2D eigenvalue weighted by atomic mass is 10.00. The summed E-state index contributed by atoms with van der Waals surface area (Å²) in [6.07, 6.45) is 12.6. The van der Waals surface area contributed by atoms with Crippen LogP contribution < -0.4 is 5.32 Å². The Bertz CT molecular complexity index is 468. The highest BCUT2D eigenvalue weighted by atomic mass is 16.4. The molecule has 0 unspecified atom stereocenters. The van der Waals surface area contributed by atoms with E-state index in [2.05, 4.69) is 6.92 Å². The van der Waals surface area contributed by atoms with Gasteiger partial charge in [-0.1, -0.05) is 83.3 Å². The Morgan fingerprint density at radius 3 is 1.76 bits per heavy atom. The minimum atomic E-state index is -1.82. The van der Waals surface area contributed by atoms with Crippen molar-refractivity contribution in [2.24, 2.45) is 0 Å². The van der Waals surface area contributed by atoms with Gasteiger partial charge in [0.05, 0.1) is 0 Å². The van der Waals surface area contributed by atoms with Crippen LogP contribution in [0.5, 0.6) is 0 Å². The molecule has 4 atom stereocenters. The van der Waals surface area contributed by atoms with Crippen molar-refractivity contribution >= 4 is 11.9 Å². The molecule has 170 valence electrons. The number of amides is 1. The molecular formula is C22H41NO6. The average Bonchev–Trinajstić information content (AvgIpc) is 2.68. The van der Waals surface area contributed by atoms with Crippen LogP contribution in [0.1, 0.15) is 90.9 Å². The fraction of sp³-hybridized carbons (Fsp3) is 0.818. The molecule has 0 rings (SSSR count). The van der Waals surface area contributed by atoms with Gasteiger partial charge in [-0.25, -0.2) is 4.79 Å². The van der Waals surface area contributed by atoms with Crippen molar-refractivity contribution in [1.29, 1.82) is 0 Å². The van der Waals surface area contributed by atoms with Gasteiger partial charge in [0, 0.05) is 6.92 Å². The minimum absolute atomic E-state index is 0.648. The summed E-state index contributed by atoms with van der Waals surface area (Å²) in [5, 5.41) is 40.9. The van der Waals surface area contributed by atoms with E-state index < -0.39 is 36.2 Å². The first-order chi connectivity index (χ1) is 13.8. The van der Waals surface area contributed by atoms with Gasteiger partial charge >= 0.3 is 5.97 Å². The van der Waals surface area contributed by atoms with Crippen molar-refractivity contribution in [3.05, 3.63) is 12.2 Å². The molecule has 0 aliphatic rings. The molecule has 0 aliphatic carbocycles. The monoisotopic (exact) mass is 415 g/mol. The van der Waals surface area contributed by atoms with Gasteiger partial charge in [-0.05, 0) is 12.8 Å². The molecule has 0 aromatic carbocycles. The number of hydrogen-bond acceptors (Lipinski definition) is 5. The Balaban J connectivity index is 3.92. The molecular weight excluding hydrogens is 374 g/mol. The van der Waals surface area contributed by atoms with Gasteiger partial charge in [0.15, 0.2) is 6.04 Å².